The Morgan fingerprint density at radius 2 is 2.12 bits per heavy atom. The summed E-state index contributed by atoms with van der Waals surface area (Å²) < 4.78 is 6.83. The Morgan fingerprint density at radius 3 is 2.91 bits per heavy atom. The lowest BCUT2D eigenvalue weighted by molar-refractivity contribution is -0.125. The van der Waals surface area contributed by atoms with Crippen LogP contribution in [0.15, 0.2) is 36.8 Å². The first-order chi connectivity index (χ1) is 15.9. The van der Waals surface area contributed by atoms with Crippen LogP contribution in [0.3, 0.4) is 0 Å². The molecule has 1 N–H and O–H groups in total. The number of pyridine rings is 1. The standard InChI is InChI=1S/C24H22N6O3/c1-14-5-22(26-8-17(14)6-25)30-10-16(7-27-30)9-29-11-21(28-23(31)12-29)18-3-4-19-20(15(18)2)13-33-24(19)32/h3-5,7-8,10,21H,9,11-13H2,1-2H3,(H,28,31)/t21-/m0/s1. The van der Waals surface area contributed by atoms with Gasteiger partial charge in [0.05, 0.1) is 29.9 Å². The summed E-state index contributed by atoms with van der Waals surface area (Å²) >= 11 is 0. The number of amides is 1. The number of nitrogens with zero attached hydrogens (tertiary/aromatic N) is 5. The molecule has 0 spiro atoms. The molecular weight excluding hydrogens is 420 g/mol. The van der Waals surface area contributed by atoms with Gasteiger partial charge in [-0.2, -0.15) is 10.4 Å². The van der Waals surface area contributed by atoms with Gasteiger partial charge < -0.3 is 10.1 Å². The van der Waals surface area contributed by atoms with Crippen molar-refractivity contribution in [2.45, 2.75) is 33.0 Å². The molecule has 3 aromatic rings. The van der Waals surface area contributed by atoms with Crippen molar-refractivity contribution in [3.63, 3.8) is 0 Å². The molecule has 1 saturated heterocycles. The third kappa shape index (κ3) is 3.85. The van der Waals surface area contributed by atoms with Crippen LogP contribution in [0.1, 0.15) is 49.8 Å². The molecule has 2 aliphatic heterocycles. The second-order valence-corrected chi connectivity index (χ2v) is 8.43. The lowest BCUT2D eigenvalue weighted by atomic mass is 9.93. The molecule has 1 aromatic carbocycles. The number of carbonyl (C=O) groups is 2. The van der Waals surface area contributed by atoms with Crippen molar-refractivity contribution >= 4 is 11.9 Å². The molecule has 0 saturated carbocycles. The zero-order chi connectivity index (χ0) is 23.1. The Labute approximate surface area is 190 Å². The molecule has 1 fully saturated rings. The van der Waals surface area contributed by atoms with Gasteiger partial charge >= 0.3 is 5.97 Å². The number of nitrogens with one attached hydrogen (secondary N) is 1. The summed E-state index contributed by atoms with van der Waals surface area (Å²) in [5.74, 6) is 0.297. The number of aryl methyl sites for hydroxylation is 1. The molecular formula is C24H22N6O3. The van der Waals surface area contributed by atoms with Crippen molar-refractivity contribution in [1.29, 1.82) is 5.26 Å². The Kier molecular flexibility index (Phi) is 5.15. The van der Waals surface area contributed by atoms with Gasteiger partial charge in [0.2, 0.25) is 5.91 Å². The average Bonchev–Trinajstić information content (AvgIpc) is 3.41. The minimum absolute atomic E-state index is 0.0461. The van der Waals surface area contributed by atoms with Crippen molar-refractivity contribution in [3.8, 4) is 11.9 Å². The van der Waals surface area contributed by atoms with Gasteiger partial charge in [-0.3, -0.25) is 9.69 Å². The van der Waals surface area contributed by atoms with Crippen molar-refractivity contribution in [2.75, 3.05) is 13.1 Å². The quantitative estimate of drug-likeness (QED) is 0.616. The molecule has 0 aliphatic carbocycles. The van der Waals surface area contributed by atoms with Gasteiger partial charge in [-0.25, -0.2) is 14.5 Å². The highest BCUT2D eigenvalue weighted by Gasteiger charge is 2.30. The summed E-state index contributed by atoms with van der Waals surface area (Å²) in [7, 11) is 0. The number of ether oxygens (including phenoxy) is 1. The second-order valence-electron chi connectivity index (χ2n) is 8.43. The summed E-state index contributed by atoms with van der Waals surface area (Å²) in [4.78, 5) is 30.7. The predicted octanol–water partition coefficient (Wildman–Crippen LogP) is 2.10. The van der Waals surface area contributed by atoms with Gasteiger partial charge in [0.25, 0.3) is 0 Å². The smallest absolute Gasteiger partial charge is 0.338 e. The van der Waals surface area contributed by atoms with E-state index in [1.165, 1.54) is 0 Å². The zero-order valence-corrected chi connectivity index (χ0v) is 18.3. The molecule has 1 atom stereocenters. The average molecular weight is 442 g/mol. The van der Waals surface area contributed by atoms with Crippen LogP contribution in [0.4, 0.5) is 0 Å². The van der Waals surface area contributed by atoms with E-state index < -0.39 is 0 Å². The molecule has 0 bridgehead atoms. The number of carbonyl (C=O) groups excluding carboxylic acids is 2. The van der Waals surface area contributed by atoms with Crippen molar-refractivity contribution in [2.24, 2.45) is 0 Å². The fourth-order valence-electron chi connectivity index (χ4n) is 4.46. The van der Waals surface area contributed by atoms with Gasteiger partial charge in [0.15, 0.2) is 5.82 Å². The van der Waals surface area contributed by atoms with Gasteiger partial charge in [0.1, 0.15) is 12.7 Å². The Balaban J connectivity index is 1.33. The van der Waals surface area contributed by atoms with Crippen molar-refractivity contribution in [3.05, 3.63) is 75.7 Å². The van der Waals surface area contributed by atoms with E-state index in [9.17, 15) is 9.59 Å². The van der Waals surface area contributed by atoms with Gasteiger partial charge in [-0.1, -0.05) is 6.07 Å². The van der Waals surface area contributed by atoms with Crippen LogP contribution in [0, 0.1) is 25.2 Å². The van der Waals surface area contributed by atoms with E-state index in [1.807, 2.05) is 32.2 Å². The van der Waals surface area contributed by atoms with Gasteiger partial charge in [-0.15, -0.1) is 0 Å². The monoisotopic (exact) mass is 442 g/mol. The zero-order valence-electron chi connectivity index (χ0n) is 18.3. The molecule has 4 heterocycles. The third-order valence-electron chi connectivity index (χ3n) is 6.22. The number of fused-ring (bicyclic) bond motifs is 1. The number of aromatic nitrogens is 3. The lowest BCUT2D eigenvalue weighted by Crippen LogP contribution is -2.49. The van der Waals surface area contributed by atoms with Crippen LogP contribution in [0.2, 0.25) is 0 Å². The molecule has 9 heteroatoms. The Bertz CT molecular complexity index is 1320. The maximum atomic E-state index is 12.5. The van der Waals surface area contributed by atoms with E-state index in [1.54, 1.807) is 23.1 Å². The summed E-state index contributed by atoms with van der Waals surface area (Å²) in [5, 5.41) is 16.6. The fraction of sp³-hybridized carbons (Fsp3) is 0.292. The normalized spacial score (nSPS) is 17.9. The summed E-state index contributed by atoms with van der Waals surface area (Å²) in [5.41, 5.74) is 5.82. The highest BCUT2D eigenvalue weighted by Crippen LogP contribution is 2.30. The number of piperazine rings is 1. The number of cyclic esters (lactones) is 1. The Morgan fingerprint density at radius 1 is 1.27 bits per heavy atom. The molecule has 2 aromatic heterocycles. The lowest BCUT2D eigenvalue weighted by Gasteiger charge is -2.34. The van der Waals surface area contributed by atoms with Crippen LogP contribution in [0.25, 0.3) is 5.82 Å². The molecule has 0 unspecified atom stereocenters. The highest BCUT2D eigenvalue weighted by molar-refractivity contribution is 5.94. The number of benzene rings is 1. The molecule has 33 heavy (non-hydrogen) atoms. The molecule has 2 aliphatic rings. The van der Waals surface area contributed by atoms with Gasteiger partial charge in [0, 0.05) is 36.6 Å². The van der Waals surface area contributed by atoms with Crippen LogP contribution in [-0.2, 0) is 22.7 Å². The number of hydrogen-bond acceptors (Lipinski definition) is 7. The van der Waals surface area contributed by atoms with Crippen molar-refractivity contribution < 1.29 is 14.3 Å². The van der Waals surface area contributed by atoms with Crippen LogP contribution in [0.5, 0.6) is 0 Å². The molecule has 0 radical (unpaired) electrons. The number of esters is 1. The van der Waals surface area contributed by atoms with E-state index in [4.69, 9.17) is 10.00 Å². The van der Waals surface area contributed by atoms with Crippen LogP contribution >= 0.6 is 0 Å². The molecule has 1 amide bonds. The van der Waals surface area contributed by atoms with Crippen LogP contribution in [-0.4, -0.2) is 44.6 Å². The second kappa shape index (κ2) is 8.15. The molecule has 5 rings (SSSR count). The topological polar surface area (TPSA) is 113 Å². The predicted molar refractivity (Wildman–Crippen MR) is 117 cm³/mol. The molecule has 166 valence electrons. The van der Waals surface area contributed by atoms with E-state index in [0.717, 1.165) is 27.8 Å². The van der Waals surface area contributed by atoms with Crippen molar-refractivity contribution in [1.82, 2.24) is 25.0 Å². The first-order valence-corrected chi connectivity index (χ1v) is 10.6. The minimum Gasteiger partial charge on any atom is -0.457 e. The Hall–Kier alpha value is -4.03. The number of hydrogen-bond donors (Lipinski definition) is 1. The minimum atomic E-state index is -0.294. The fourth-order valence-corrected chi connectivity index (χ4v) is 4.46. The summed E-state index contributed by atoms with van der Waals surface area (Å²) in [6.45, 7) is 5.60. The van der Waals surface area contributed by atoms with Gasteiger partial charge in [-0.05, 0) is 42.7 Å². The number of rotatable bonds is 4. The maximum absolute atomic E-state index is 12.5. The third-order valence-corrected chi connectivity index (χ3v) is 6.22. The molecule has 9 nitrogen and oxygen atoms in total. The summed E-state index contributed by atoms with van der Waals surface area (Å²) in [6, 6.07) is 7.46. The first-order valence-electron chi connectivity index (χ1n) is 10.6. The number of nitriles is 1. The van der Waals surface area contributed by atoms with E-state index in [0.29, 0.717) is 36.6 Å². The largest absolute Gasteiger partial charge is 0.457 e. The van der Waals surface area contributed by atoms with E-state index >= 15 is 0 Å². The SMILES string of the molecule is Cc1cc(-n2cc(CN3CC(=O)N[C@H](c4ccc5c(c4C)COC5=O)C3)cn2)ncc1C#N. The first kappa shape index (κ1) is 20.8. The summed E-state index contributed by atoms with van der Waals surface area (Å²) in [6.07, 6.45) is 5.20. The maximum Gasteiger partial charge on any atom is 0.338 e. The van der Waals surface area contributed by atoms with E-state index in [-0.39, 0.29) is 24.5 Å². The van der Waals surface area contributed by atoms with E-state index in [2.05, 4.69) is 26.4 Å². The van der Waals surface area contributed by atoms with Crippen LogP contribution < -0.4 is 5.32 Å². The highest BCUT2D eigenvalue weighted by atomic mass is 16.5.